The molecule has 1 aliphatic rings. The fraction of sp³-hybridized carbons (Fsp3) is 0.190. The summed E-state index contributed by atoms with van der Waals surface area (Å²) in [6.07, 6.45) is 7.43. The Bertz CT molecular complexity index is 893. The largest absolute Gasteiger partial charge is 0.347 e. The van der Waals surface area contributed by atoms with Crippen molar-refractivity contribution in [2.75, 3.05) is 11.4 Å². The van der Waals surface area contributed by atoms with Crippen LogP contribution < -0.4 is 10.2 Å². The van der Waals surface area contributed by atoms with E-state index >= 15 is 0 Å². The Labute approximate surface area is 152 Å². The Balaban J connectivity index is 1.46. The molecule has 4 rings (SSSR count). The van der Waals surface area contributed by atoms with E-state index in [1.165, 1.54) is 11.3 Å². The predicted molar refractivity (Wildman–Crippen MR) is 101 cm³/mol. The molecule has 3 aromatic rings. The van der Waals surface area contributed by atoms with Crippen LogP contribution in [0, 0.1) is 0 Å². The zero-order valence-corrected chi connectivity index (χ0v) is 14.4. The van der Waals surface area contributed by atoms with Crippen LogP contribution in [0.2, 0.25) is 0 Å². The van der Waals surface area contributed by atoms with Crippen LogP contribution in [-0.2, 0) is 13.0 Å². The van der Waals surface area contributed by atoms with E-state index in [1.807, 2.05) is 18.2 Å². The van der Waals surface area contributed by atoms with Crippen LogP contribution in [0.1, 0.15) is 28.0 Å². The Morgan fingerprint density at radius 1 is 1.08 bits per heavy atom. The monoisotopic (exact) mass is 344 g/mol. The maximum absolute atomic E-state index is 12.3. The van der Waals surface area contributed by atoms with Gasteiger partial charge in [0.15, 0.2) is 0 Å². The van der Waals surface area contributed by atoms with E-state index in [-0.39, 0.29) is 5.91 Å². The van der Waals surface area contributed by atoms with Gasteiger partial charge in [-0.25, -0.2) is 4.98 Å². The SMILES string of the molecule is O=C(NCc1ccncc1)c1ccc(N2CCCc3ccccc32)cn1. The summed E-state index contributed by atoms with van der Waals surface area (Å²) < 4.78 is 0. The number of anilines is 2. The molecule has 0 bridgehead atoms. The second-order valence-corrected chi connectivity index (χ2v) is 6.32. The van der Waals surface area contributed by atoms with Crippen molar-refractivity contribution in [2.24, 2.45) is 0 Å². The van der Waals surface area contributed by atoms with E-state index in [2.05, 4.69) is 44.5 Å². The third-order valence-electron chi connectivity index (χ3n) is 4.60. The molecule has 0 aliphatic carbocycles. The first-order valence-corrected chi connectivity index (χ1v) is 8.80. The highest BCUT2D eigenvalue weighted by molar-refractivity contribution is 5.92. The quantitative estimate of drug-likeness (QED) is 0.787. The maximum Gasteiger partial charge on any atom is 0.270 e. The van der Waals surface area contributed by atoms with E-state index < -0.39 is 0 Å². The van der Waals surface area contributed by atoms with Crippen molar-refractivity contribution in [3.8, 4) is 0 Å². The highest BCUT2D eigenvalue weighted by Crippen LogP contribution is 2.32. The Kier molecular flexibility index (Phi) is 4.60. The summed E-state index contributed by atoms with van der Waals surface area (Å²) in [7, 11) is 0. The second-order valence-electron chi connectivity index (χ2n) is 6.32. The molecule has 5 heteroatoms. The molecule has 1 N–H and O–H groups in total. The summed E-state index contributed by atoms with van der Waals surface area (Å²) in [5, 5.41) is 2.89. The van der Waals surface area contributed by atoms with Crippen molar-refractivity contribution in [1.29, 1.82) is 0 Å². The Morgan fingerprint density at radius 2 is 1.92 bits per heavy atom. The summed E-state index contributed by atoms with van der Waals surface area (Å²) >= 11 is 0. The first-order chi connectivity index (χ1) is 12.8. The van der Waals surface area contributed by atoms with Crippen LogP contribution >= 0.6 is 0 Å². The number of hydrogen-bond acceptors (Lipinski definition) is 4. The minimum atomic E-state index is -0.174. The molecule has 5 nitrogen and oxygen atoms in total. The van der Waals surface area contributed by atoms with Crippen molar-refractivity contribution in [3.63, 3.8) is 0 Å². The fourth-order valence-electron chi connectivity index (χ4n) is 3.26. The number of para-hydroxylation sites is 1. The molecule has 0 unspecified atom stereocenters. The van der Waals surface area contributed by atoms with Gasteiger partial charge in [-0.05, 0) is 54.3 Å². The van der Waals surface area contributed by atoms with Crippen LogP contribution in [0.3, 0.4) is 0 Å². The summed E-state index contributed by atoms with van der Waals surface area (Å²) in [6.45, 7) is 1.43. The molecule has 1 amide bonds. The van der Waals surface area contributed by atoms with Crippen molar-refractivity contribution >= 4 is 17.3 Å². The molecule has 0 fully saturated rings. The van der Waals surface area contributed by atoms with Crippen LogP contribution in [0.5, 0.6) is 0 Å². The fourth-order valence-corrected chi connectivity index (χ4v) is 3.26. The number of hydrogen-bond donors (Lipinski definition) is 1. The topological polar surface area (TPSA) is 58.1 Å². The van der Waals surface area contributed by atoms with Crippen molar-refractivity contribution in [2.45, 2.75) is 19.4 Å². The van der Waals surface area contributed by atoms with Gasteiger partial charge in [0, 0.05) is 31.2 Å². The van der Waals surface area contributed by atoms with Gasteiger partial charge in [-0.15, -0.1) is 0 Å². The number of fused-ring (bicyclic) bond motifs is 1. The molecule has 3 heterocycles. The molecule has 0 saturated carbocycles. The molecule has 1 aromatic carbocycles. The van der Waals surface area contributed by atoms with Crippen molar-refractivity contribution < 1.29 is 4.79 Å². The Morgan fingerprint density at radius 3 is 2.73 bits per heavy atom. The number of pyridine rings is 2. The molecule has 0 atom stereocenters. The standard InChI is InChI=1S/C21H20N4O/c26-21(24-14-16-9-11-22-12-10-16)19-8-7-18(15-23-19)25-13-3-5-17-4-1-2-6-20(17)25/h1-2,4,6-12,15H,3,5,13-14H2,(H,24,26). The van der Waals surface area contributed by atoms with Crippen LogP contribution in [0.4, 0.5) is 11.4 Å². The van der Waals surface area contributed by atoms with E-state index in [9.17, 15) is 4.79 Å². The van der Waals surface area contributed by atoms with Crippen LogP contribution in [0.25, 0.3) is 0 Å². The molecule has 130 valence electrons. The predicted octanol–water partition coefficient (Wildman–Crippen LogP) is 3.49. The zero-order chi connectivity index (χ0) is 17.8. The first-order valence-electron chi connectivity index (χ1n) is 8.80. The number of rotatable bonds is 4. The number of amides is 1. The van der Waals surface area contributed by atoms with Gasteiger partial charge >= 0.3 is 0 Å². The average molecular weight is 344 g/mol. The lowest BCUT2D eigenvalue weighted by atomic mass is 10.0. The number of aromatic nitrogens is 2. The van der Waals surface area contributed by atoms with Gasteiger partial charge in [-0.3, -0.25) is 9.78 Å². The number of nitrogens with zero attached hydrogens (tertiary/aromatic N) is 3. The van der Waals surface area contributed by atoms with E-state index in [4.69, 9.17) is 0 Å². The molecule has 1 aliphatic heterocycles. The van der Waals surface area contributed by atoms with Crippen molar-refractivity contribution in [3.05, 3.63) is 83.9 Å². The van der Waals surface area contributed by atoms with Crippen molar-refractivity contribution in [1.82, 2.24) is 15.3 Å². The van der Waals surface area contributed by atoms with Gasteiger partial charge in [0.25, 0.3) is 5.91 Å². The minimum Gasteiger partial charge on any atom is -0.347 e. The maximum atomic E-state index is 12.3. The molecular weight excluding hydrogens is 324 g/mol. The molecule has 0 spiro atoms. The molecular formula is C21H20N4O. The molecule has 2 aromatic heterocycles. The van der Waals surface area contributed by atoms with E-state index in [0.29, 0.717) is 12.2 Å². The highest BCUT2D eigenvalue weighted by Gasteiger charge is 2.18. The van der Waals surface area contributed by atoms with Crippen LogP contribution in [-0.4, -0.2) is 22.4 Å². The first kappa shape index (κ1) is 16.3. The smallest absolute Gasteiger partial charge is 0.270 e. The van der Waals surface area contributed by atoms with Gasteiger partial charge in [0.05, 0.1) is 11.9 Å². The van der Waals surface area contributed by atoms with Gasteiger partial charge in [-0.1, -0.05) is 18.2 Å². The molecule has 0 saturated heterocycles. The van der Waals surface area contributed by atoms with Crippen LogP contribution in [0.15, 0.2) is 67.1 Å². The lowest BCUT2D eigenvalue weighted by Gasteiger charge is -2.31. The van der Waals surface area contributed by atoms with Gasteiger partial charge < -0.3 is 10.2 Å². The summed E-state index contributed by atoms with van der Waals surface area (Å²) in [5.74, 6) is -0.174. The van der Waals surface area contributed by atoms with E-state index in [1.54, 1.807) is 24.7 Å². The molecule has 26 heavy (non-hydrogen) atoms. The lowest BCUT2D eigenvalue weighted by molar-refractivity contribution is 0.0946. The van der Waals surface area contributed by atoms with Gasteiger partial charge in [-0.2, -0.15) is 0 Å². The summed E-state index contributed by atoms with van der Waals surface area (Å²) in [4.78, 5) is 22.9. The molecule has 0 radical (unpaired) electrons. The number of carbonyl (C=O) groups is 1. The van der Waals surface area contributed by atoms with Gasteiger partial charge in [0.1, 0.15) is 5.69 Å². The third-order valence-corrected chi connectivity index (χ3v) is 4.60. The normalized spacial score (nSPS) is 13.2. The summed E-state index contributed by atoms with van der Waals surface area (Å²) in [6, 6.07) is 16.0. The van der Waals surface area contributed by atoms with E-state index in [0.717, 1.165) is 30.6 Å². The lowest BCUT2D eigenvalue weighted by Crippen LogP contribution is -2.26. The number of aryl methyl sites for hydroxylation is 1. The minimum absolute atomic E-state index is 0.174. The number of carbonyl (C=O) groups excluding carboxylic acids is 1. The number of benzene rings is 1. The average Bonchev–Trinajstić information content (AvgIpc) is 2.72. The number of nitrogens with one attached hydrogen (secondary N) is 1. The highest BCUT2D eigenvalue weighted by atomic mass is 16.1. The second kappa shape index (κ2) is 7.35. The third kappa shape index (κ3) is 3.42. The Hall–Kier alpha value is -3.21. The zero-order valence-electron chi connectivity index (χ0n) is 14.4. The summed E-state index contributed by atoms with van der Waals surface area (Å²) in [5.41, 5.74) is 5.04. The van der Waals surface area contributed by atoms with Gasteiger partial charge in [0.2, 0.25) is 0 Å².